The minimum Gasteiger partial charge on any atom is -0.477 e. The van der Waals surface area contributed by atoms with Gasteiger partial charge in [-0.25, -0.2) is 0 Å². The molecule has 29 heavy (non-hydrogen) atoms. The molecule has 0 unspecified atom stereocenters. The molecule has 3 aromatic carbocycles. The zero-order valence-electron chi connectivity index (χ0n) is 16.3. The third-order valence-electron chi connectivity index (χ3n) is 4.75. The van der Waals surface area contributed by atoms with Crippen molar-refractivity contribution >= 4 is 11.6 Å². The zero-order chi connectivity index (χ0) is 20.8. The van der Waals surface area contributed by atoms with Gasteiger partial charge in [0.05, 0.1) is 11.0 Å². The van der Waals surface area contributed by atoms with Gasteiger partial charge in [0.2, 0.25) is 0 Å². The highest BCUT2D eigenvalue weighted by Crippen LogP contribution is 2.31. The van der Waals surface area contributed by atoms with Gasteiger partial charge in [-0.3, -0.25) is 14.9 Å². The number of nitro benzene ring substituents is 1. The van der Waals surface area contributed by atoms with Crippen LogP contribution in [0.4, 0.5) is 5.69 Å². The number of benzene rings is 3. The highest BCUT2D eigenvalue weighted by Gasteiger charge is 2.25. The monoisotopic (exact) mass is 390 g/mol. The summed E-state index contributed by atoms with van der Waals surface area (Å²) in [7, 11) is 1.71. The zero-order valence-corrected chi connectivity index (χ0v) is 16.3. The van der Waals surface area contributed by atoms with Crippen LogP contribution in [0.5, 0.6) is 5.75 Å². The molecule has 0 aliphatic rings. The molecule has 6 heteroatoms. The third kappa shape index (κ3) is 4.60. The van der Waals surface area contributed by atoms with Crippen LogP contribution in [-0.2, 0) is 4.79 Å². The number of carbonyl (C=O) groups is 1. The highest BCUT2D eigenvalue weighted by atomic mass is 16.6. The van der Waals surface area contributed by atoms with Crippen molar-refractivity contribution in [2.24, 2.45) is 0 Å². The first-order valence-electron chi connectivity index (χ1n) is 9.21. The van der Waals surface area contributed by atoms with Crippen LogP contribution in [0.3, 0.4) is 0 Å². The molecule has 0 heterocycles. The third-order valence-corrected chi connectivity index (χ3v) is 4.75. The molecule has 0 spiro atoms. The second-order valence-electron chi connectivity index (χ2n) is 6.70. The fourth-order valence-electron chi connectivity index (χ4n) is 3.28. The van der Waals surface area contributed by atoms with E-state index in [1.807, 2.05) is 60.7 Å². The van der Waals surface area contributed by atoms with Crippen molar-refractivity contribution < 1.29 is 14.5 Å². The number of amides is 1. The molecule has 0 bridgehead atoms. The van der Waals surface area contributed by atoms with E-state index in [0.29, 0.717) is 5.56 Å². The van der Waals surface area contributed by atoms with Crippen LogP contribution in [0.1, 0.15) is 22.7 Å². The van der Waals surface area contributed by atoms with Crippen molar-refractivity contribution in [1.29, 1.82) is 0 Å². The lowest BCUT2D eigenvalue weighted by atomic mass is 9.97. The van der Waals surface area contributed by atoms with Crippen LogP contribution in [0.15, 0.2) is 78.9 Å². The molecule has 0 aliphatic heterocycles. The van der Waals surface area contributed by atoms with Gasteiger partial charge in [-0.2, -0.15) is 0 Å². The standard InChI is InChI=1S/C23H22N2O4/c1-17-10-9-15-20(22(17)25(27)28)29-16-21(26)24(2)23(18-11-5-3-6-12-18)19-13-7-4-8-14-19/h3-15,23H,16H2,1-2H3. The van der Waals surface area contributed by atoms with E-state index in [2.05, 4.69) is 0 Å². The van der Waals surface area contributed by atoms with E-state index in [0.717, 1.165) is 11.1 Å². The SMILES string of the molecule is Cc1cccc(OCC(=O)N(C)C(c2ccccc2)c2ccccc2)c1[N+](=O)[O-]. The van der Waals surface area contributed by atoms with E-state index in [9.17, 15) is 14.9 Å². The van der Waals surface area contributed by atoms with Crippen molar-refractivity contribution in [3.63, 3.8) is 0 Å². The molecule has 6 nitrogen and oxygen atoms in total. The van der Waals surface area contributed by atoms with Crippen LogP contribution in [0.2, 0.25) is 0 Å². The van der Waals surface area contributed by atoms with E-state index in [4.69, 9.17) is 4.74 Å². The molecule has 3 aromatic rings. The molecule has 0 saturated carbocycles. The molecule has 0 aromatic heterocycles. The average molecular weight is 390 g/mol. The van der Waals surface area contributed by atoms with Crippen molar-refractivity contribution in [3.8, 4) is 5.75 Å². The predicted octanol–water partition coefficient (Wildman–Crippen LogP) is 4.53. The Labute approximate surface area is 169 Å². The maximum atomic E-state index is 12.9. The minimum atomic E-state index is -0.490. The molecule has 0 fully saturated rings. The normalized spacial score (nSPS) is 10.6. The second-order valence-corrected chi connectivity index (χ2v) is 6.70. The first-order chi connectivity index (χ1) is 14.0. The number of para-hydroxylation sites is 1. The van der Waals surface area contributed by atoms with Crippen molar-refractivity contribution in [3.05, 3.63) is 106 Å². The lowest BCUT2D eigenvalue weighted by Crippen LogP contribution is -2.35. The molecule has 0 atom stereocenters. The summed E-state index contributed by atoms with van der Waals surface area (Å²) >= 11 is 0. The Morgan fingerprint density at radius 2 is 1.52 bits per heavy atom. The predicted molar refractivity (Wildman–Crippen MR) is 111 cm³/mol. The number of hydrogen-bond acceptors (Lipinski definition) is 4. The van der Waals surface area contributed by atoms with E-state index in [1.165, 1.54) is 6.07 Å². The Balaban J connectivity index is 1.82. The van der Waals surface area contributed by atoms with E-state index >= 15 is 0 Å². The van der Waals surface area contributed by atoms with Crippen molar-refractivity contribution in [1.82, 2.24) is 4.90 Å². The largest absolute Gasteiger partial charge is 0.477 e. The Morgan fingerprint density at radius 3 is 2.03 bits per heavy atom. The molecule has 0 N–H and O–H groups in total. The van der Waals surface area contributed by atoms with Crippen molar-refractivity contribution in [2.75, 3.05) is 13.7 Å². The highest BCUT2D eigenvalue weighted by molar-refractivity contribution is 5.78. The molecule has 0 radical (unpaired) electrons. The minimum absolute atomic E-state index is 0.0905. The number of carbonyl (C=O) groups excluding carboxylic acids is 1. The van der Waals surface area contributed by atoms with E-state index < -0.39 is 4.92 Å². The van der Waals surface area contributed by atoms with Crippen LogP contribution in [0, 0.1) is 17.0 Å². The summed E-state index contributed by atoms with van der Waals surface area (Å²) in [5, 5.41) is 11.3. The molecule has 148 valence electrons. The van der Waals surface area contributed by atoms with Gasteiger partial charge in [-0.05, 0) is 24.1 Å². The maximum Gasteiger partial charge on any atom is 0.313 e. The van der Waals surface area contributed by atoms with Crippen LogP contribution in [0.25, 0.3) is 0 Å². The van der Waals surface area contributed by atoms with Crippen LogP contribution >= 0.6 is 0 Å². The first-order valence-corrected chi connectivity index (χ1v) is 9.21. The summed E-state index contributed by atoms with van der Waals surface area (Å²) in [5.41, 5.74) is 2.30. The Kier molecular flexibility index (Phi) is 6.24. The van der Waals surface area contributed by atoms with Gasteiger partial charge in [0.25, 0.3) is 5.91 Å². The molecule has 3 rings (SSSR count). The topological polar surface area (TPSA) is 72.7 Å². The van der Waals surface area contributed by atoms with Gasteiger partial charge >= 0.3 is 5.69 Å². The van der Waals surface area contributed by atoms with Crippen LogP contribution in [-0.4, -0.2) is 29.4 Å². The average Bonchev–Trinajstić information content (AvgIpc) is 2.73. The molecule has 0 saturated heterocycles. The Bertz CT molecular complexity index is 951. The lowest BCUT2D eigenvalue weighted by Gasteiger charge is -2.29. The van der Waals surface area contributed by atoms with Gasteiger partial charge in [0.1, 0.15) is 0 Å². The Hall–Kier alpha value is -3.67. The van der Waals surface area contributed by atoms with E-state index in [1.54, 1.807) is 31.0 Å². The quantitative estimate of drug-likeness (QED) is 0.439. The summed E-state index contributed by atoms with van der Waals surface area (Å²) in [4.78, 5) is 25.3. The number of hydrogen-bond donors (Lipinski definition) is 0. The number of nitrogens with zero attached hydrogens (tertiary/aromatic N) is 2. The van der Waals surface area contributed by atoms with Crippen LogP contribution < -0.4 is 4.74 Å². The first kappa shape index (κ1) is 20.1. The fourth-order valence-corrected chi connectivity index (χ4v) is 3.28. The number of ether oxygens (including phenoxy) is 1. The summed E-state index contributed by atoms with van der Waals surface area (Å²) in [5.74, 6) is -0.189. The molecule has 1 amide bonds. The smallest absolute Gasteiger partial charge is 0.313 e. The van der Waals surface area contributed by atoms with Gasteiger partial charge in [-0.1, -0.05) is 72.8 Å². The fraction of sp³-hybridized carbons (Fsp3) is 0.174. The second kappa shape index (κ2) is 9.01. The number of likely N-dealkylation sites (N-methyl/N-ethyl adjacent to an activating group) is 1. The summed E-state index contributed by atoms with van der Waals surface area (Å²) < 4.78 is 5.55. The number of nitro groups is 1. The summed E-state index contributed by atoms with van der Waals surface area (Å²) in [6.07, 6.45) is 0. The van der Waals surface area contributed by atoms with Gasteiger partial charge < -0.3 is 9.64 Å². The molecular weight excluding hydrogens is 368 g/mol. The van der Waals surface area contributed by atoms with Crippen molar-refractivity contribution in [2.45, 2.75) is 13.0 Å². The van der Waals surface area contributed by atoms with Gasteiger partial charge in [0.15, 0.2) is 12.4 Å². The van der Waals surface area contributed by atoms with E-state index in [-0.39, 0.29) is 30.0 Å². The number of aryl methyl sites for hydroxylation is 1. The Morgan fingerprint density at radius 1 is 0.966 bits per heavy atom. The number of rotatable bonds is 7. The maximum absolute atomic E-state index is 12.9. The molecular formula is C23H22N2O4. The summed E-state index contributed by atoms with van der Waals surface area (Å²) in [6.45, 7) is 1.34. The van der Waals surface area contributed by atoms with Gasteiger partial charge in [-0.15, -0.1) is 0 Å². The van der Waals surface area contributed by atoms with Gasteiger partial charge in [0, 0.05) is 12.6 Å². The molecule has 0 aliphatic carbocycles. The lowest BCUT2D eigenvalue weighted by molar-refractivity contribution is -0.386. The summed E-state index contributed by atoms with van der Waals surface area (Å²) in [6, 6.07) is 23.9.